The lowest BCUT2D eigenvalue weighted by Gasteiger charge is -2.11. The van der Waals surface area contributed by atoms with Crippen LogP contribution in [-0.2, 0) is 6.42 Å². The fourth-order valence-electron chi connectivity index (χ4n) is 2.25. The molecule has 0 aromatic heterocycles. The van der Waals surface area contributed by atoms with Gasteiger partial charge in [-0.05, 0) is 30.7 Å². The van der Waals surface area contributed by atoms with Crippen LogP contribution in [0.1, 0.15) is 11.1 Å². The highest BCUT2D eigenvalue weighted by molar-refractivity contribution is 5.60. The molecule has 5 heteroatoms. The van der Waals surface area contributed by atoms with Crippen LogP contribution in [-0.4, -0.2) is 31.5 Å². The summed E-state index contributed by atoms with van der Waals surface area (Å²) in [5, 5.41) is 19.9. The first-order chi connectivity index (χ1) is 11.1. The lowest BCUT2D eigenvalue weighted by atomic mass is 10.1. The highest BCUT2D eigenvalue weighted by Crippen LogP contribution is 2.39. The van der Waals surface area contributed by atoms with Gasteiger partial charge < -0.3 is 24.4 Å². The lowest BCUT2D eigenvalue weighted by molar-refractivity contribution is 0.338. The SMILES string of the molecule is COc1ccc(O)c(C=CCc2ccc(OC)c(O)c2OC)c1. The minimum atomic E-state index is -0.0230. The van der Waals surface area contributed by atoms with Gasteiger partial charge in [0.1, 0.15) is 11.5 Å². The van der Waals surface area contributed by atoms with Crippen molar-refractivity contribution in [1.29, 1.82) is 0 Å². The monoisotopic (exact) mass is 316 g/mol. The smallest absolute Gasteiger partial charge is 0.201 e. The van der Waals surface area contributed by atoms with E-state index in [4.69, 9.17) is 14.2 Å². The zero-order chi connectivity index (χ0) is 16.8. The summed E-state index contributed by atoms with van der Waals surface area (Å²) in [6, 6.07) is 8.53. The van der Waals surface area contributed by atoms with Crippen LogP contribution >= 0.6 is 0 Å². The Bertz CT molecular complexity index is 707. The number of hydrogen-bond acceptors (Lipinski definition) is 5. The molecule has 0 bridgehead atoms. The van der Waals surface area contributed by atoms with Crippen LogP contribution in [0.3, 0.4) is 0 Å². The minimum Gasteiger partial charge on any atom is -0.507 e. The third-order valence-corrected chi connectivity index (χ3v) is 3.47. The number of ether oxygens (including phenoxy) is 3. The van der Waals surface area contributed by atoms with E-state index in [1.165, 1.54) is 14.2 Å². The van der Waals surface area contributed by atoms with Gasteiger partial charge in [0, 0.05) is 11.1 Å². The number of benzene rings is 2. The van der Waals surface area contributed by atoms with E-state index in [1.807, 2.05) is 12.1 Å². The van der Waals surface area contributed by atoms with Gasteiger partial charge in [-0.25, -0.2) is 0 Å². The van der Waals surface area contributed by atoms with Crippen molar-refractivity contribution in [2.75, 3.05) is 21.3 Å². The normalized spacial score (nSPS) is 10.7. The summed E-state index contributed by atoms with van der Waals surface area (Å²) in [7, 11) is 4.56. The number of aromatic hydroxyl groups is 2. The van der Waals surface area contributed by atoms with Gasteiger partial charge in [-0.3, -0.25) is 0 Å². The molecule has 0 aliphatic heterocycles. The van der Waals surface area contributed by atoms with E-state index in [2.05, 4.69) is 0 Å². The Labute approximate surface area is 135 Å². The molecule has 5 nitrogen and oxygen atoms in total. The van der Waals surface area contributed by atoms with Crippen LogP contribution in [0, 0.1) is 0 Å². The number of allylic oxidation sites excluding steroid dienone is 1. The van der Waals surface area contributed by atoms with Gasteiger partial charge in [0.2, 0.25) is 5.75 Å². The van der Waals surface area contributed by atoms with Crippen LogP contribution in [0.25, 0.3) is 6.08 Å². The topological polar surface area (TPSA) is 68.2 Å². The maximum atomic E-state index is 10.1. The van der Waals surface area contributed by atoms with E-state index < -0.39 is 0 Å². The zero-order valence-electron chi connectivity index (χ0n) is 13.4. The van der Waals surface area contributed by atoms with Gasteiger partial charge >= 0.3 is 0 Å². The highest BCUT2D eigenvalue weighted by Gasteiger charge is 2.12. The van der Waals surface area contributed by atoms with Crippen molar-refractivity contribution in [3.8, 4) is 28.7 Å². The molecular formula is C18H20O5. The van der Waals surface area contributed by atoms with Crippen molar-refractivity contribution in [1.82, 2.24) is 0 Å². The van der Waals surface area contributed by atoms with Gasteiger partial charge in [0.15, 0.2) is 11.5 Å². The van der Waals surface area contributed by atoms with Gasteiger partial charge in [-0.15, -0.1) is 0 Å². The summed E-state index contributed by atoms with van der Waals surface area (Å²) in [6.45, 7) is 0. The molecule has 0 aliphatic carbocycles. The van der Waals surface area contributed by atoms with Crippen molar-refractivity contribution in [3.63, 3.8) is 0 Å². The largest absolute Gasteiger partial charge is 0.507 e. The Morgan fingerprint density at radius 3 is 2.39 bits per heavy atom. The third kappa shape index (κ3) is 3.69. The molecule has 0 fully saturated rings. The lowest BCUT2D eigenvalue weighted by Crippen LogP contribution is -1.94. The molecule has 0 aliphatic rings. The number of rotatable bonds is 6. The fourth-order valence-corrected chi connectivity index (χ4v) is 2.25. The summed E-state index contributed by atoms with van der Waals surface area (Å²) < 4.78 is 15.5. The Morgan fingerprint density at radius 2 is 1.74 bits per heavy atom. The molecule has 0 heterocycles. The summed E-state index contributed by atoms with van der Waals surface area (Å²) in [5.74, 6) is 1.56. The predicted octanol–water partition coefficient (Wildman–Crippen LogP) is 3.38. The molecular weight excluding hydrogens is 296 g/mol. The quantitative estimate of drug-likeness (QED) is 0.855. The van der Waals surface area contributed by atoms with Crippen LogP contribution in [0.15, 0.2) is 36.4 Å². The van der Waals surface area contributed by atoms with E-state index >= 15 is 0 Å². The second-order valence-corrected chi connectivity index (χ2v) is 4.84. The van der Waals surface area contributed by atoms with Crippen molar-refractivity contribution < 1.29 is 24.4 Å². The van der Waals surface area contributed by atoms with Crippen LogP contribution in [0.5, 0.6) is 28.7 Å². The van der Waals surface area contributed by atoms with E-state index in [1.54, 1.807) is 37.5 Å². The average molecular weight is 316 g/mol. The van der Waals surface area contributed by atoms with E-state index in [0.29, 0.717) is 29.2 Å². The van der Waals surface area contributed by atoms with Crippen molar-refractivity contribution in [3.05, 3.63) is 47.5 Å². The summed E-state index contributed by atoms with van der Waals surface area (Å²) in [5.41, 5.74) is 1.46. The molecule has 0 saturated carbocycles. The van der Waals surface area contributed by atoms with E-state index in [0.717, 1.165) is 5.56 Å². The number of methoxy groups -OCH3 is 3. The first kappa shape index (κ1) is 16.5. The second kappa shape index (κ2) is 7.45. The summed E-state index contributed by atoms with van der Waals surface area (Å²) in [6.07, 6.45) is 4.19. The maximum Gasteiger partial charge on any atom is 0.201 e. The van der Waals surface area contributed by atoms with Gasteiger partial charge in [-0.1, -0.05) is 18.2 Å². The molecule has 0 saturated heterocycles. The first-order valence-corrected chi connectivity index (χ1v) is 7.07. The molecule has 2 aromatic carbocycles. The molecule has 0 spiro atoms. The first-order valence-electron chi connectivity index (χ1n) is 7.07. The highest BCUT2D eigenvalue weighted by atomic mass is 16.5. The van der Waals surface area contributed by atoms with E-state index in [9.17, 15) is 10.2 Å². The van der Waals surface area contributed by atoms with Gasteiger partial charge in [0.05, 0.1) is 21.3 Å². The molecule has 122 valence electrons. The molecule has 0 atom stereocenters. The second-order valence-electron chi connectivity index (χ2n) is 4.84. The number of phenols is 2. The van der Waals surface area contributed by atoms with Crippen molar-refractivity contribution in [2.45, 2.75) is 6.42 Å². The minimum absolute atomic E-state index is 0.0230. The molecule has 0 radical (unpaired) electrons. The van der Waals surface area contributed by atoms with Crippen LogP contribution in [0.2, 0.25) is 0 Å². The number of phenolic OH excluding ortho intramolecular Hbond substituents is 2. The Kier molecular flexibility index (Phi) is 5.36. The van der Waals surface area contributed by atoms with Crippen molar-refractivity contribution in [2.24, 2.45) is 0 Å². The summed E-state index contributed by atoms with van der Waals surface area (Å²) >= 11 is 0. The fraction of sp³-hybridized carbons (Fsp3) is 0.222. The molecule has 23 heavy (non-hydrogen) atoms. The molecule has 0 unspecified atom stereocenters. The standard InChI is InChI=1S/C18H20O5/c1-21-14-8-9-15(19)13(11-14)6-4-5-12-7-10-16(22-2)17(20)18(12)23-3/h4,6-11,19-20H,5H2,1-3H3. The zero-order valence-corrected chi connectivity index (χ0v) is 13.4. The molecule has 2 N–H and O–H groups in total. The van der Waals surface area contributed by atoms with Gasteiger partial charge in [0.25, 0.3) is 0 Å². The summed E-state index contributed by atoms with van der Waals surface area (Å²) in [4.78, 5) is 0. The molecule has 2 rings (SSSR count). The van der Waals surface area contributed by atoms with Crippen LogP contribution in [0.4, 0.5) is 0 Å². The van der Waals surface area contributed by atoms with Gasteiger partial charge in [-0.2, -0.15) is 0 Å². The Morgan fingerprint density at radius 1 is 0.957 bits per heavy atom. The molecule has 2 aromatic rings. The predicted molar refractivity (Wildman–Crippen MR) is 88.6 cm³/mol. The van der Waals surface area contributed by atoms with Crippen LogP contribution < -0.4 is 14.2 Å². The Balaban J connectivity index is 2.22. The van der Waals surface area contributed by atoms with E-state index in [-0.39, 0.29) is 11.5 Å². The average Bonchev–Trinajstić information content (AvgIpc) is 2.57. The van der Waals surface area contributed by atoms with Crippen molar-refractivity contribution >= 4 is 6.08 Å². The molecule has 0 amide bonds. The maximum absolute atomic E-state index is 10.1. The third-order valence-electron chi connectivity index (χ3n) is 3.47. The Hall–Kier alpha value is -2.82. The number of hydrogen-bond donors (Lipinski definition) is 2.